The Morgan fingerprint density at radius 2 is 1.78 bits per heavy atom. The van der Waals surface area contributed by atoms with E-state index >= 15 is 0 Å². The number of carbonyl (C=O) groups is 2. The van der Waals surface area contributed by atoms with Crippen LogP contribution in [0, 0.1) is 6.92 Å². The van der Waals surface area contributed by atoms with E-state index in [0.717, 1.165) is 6.42 Å². The van der Waals surface area contributed by atoms with Crippen molar-refractivity contribution in [3.63, 3.8) is 0 Å². The van der Waals surface area contributed by atoms with Gasteiger partial charge in [0.2, 0.25) is 0 Å². The van der Waals surface area contributed by atoms with E-state index in [2.05, 4.69) is 15.8 Å². The highest BCUT2D eigenvalue weighted by Gasteiger charge is 2.28. The van der Waals surface area contributed by atoms with Crippen LogP contribution in [0.4, 0.5) is 5.69 Å². The molecule has 1 aromatic heterocycles. The fourth-order valence-corrected chi connectivity index (χ4v) is 4.49. The van der Waals surface area contributed by atoms with Crippen LogP contribution in [0.15, 0.2) is 45.9 Å². The van der Waals surface area contributed by atoms with Crippen LogP contribution in [0.1, 0.15) is 40.3 Å². The van der Waals surface area contributed by atoms with E-state index in [4.69, 9.17) is 48.7 Å². The number of furan rings is 1. The number of hydrazone groups is 1. The first kappa shape index (κ1) is 25.9. The molecule has 0 bridgehead atoms. The lowest BCUT2D eigenvalue weighted by Gasteiger charge is -2.13. The Bertz CT molecular complexity index is 1350. The Kier molecular flexibility index (Phi) is 8.08. The lowest BCUT2D eigenvalue weighted by atomic mass is 9.93. The summed E-state index contributed by atoms with van der Waals surface area (Å²) < 4.78 is 16.6. The second-order valence-corrected chi connectivity index (χ2v) is 9.24. The second-order valence-electron chi connectivity index (χ2n) is 7.96. The van der Waals surface area contributed by atoms with Crippen LogP contribution >= 0.6 is 34.8 Å². The number of amides is 2. The maximum atomic E-state index is 13.0. The molecule has 0 unspecified atom stereocenters. The molecule has 2 N–H and O–H groups in total. The molecule has 0 aliphatic heterocycles. The van der Waals surface area contributed by atoms with E-state index in [0.29, 0.717) is 67.7 Å². The Balaban J connectivity index is 1.47. The van der Waals surface area contributed by atoms with Crippen LogP contribution in [0.5, 0.6) is 11.5 Å². The number of rotatable bonds is 7. The van der Waals surface area contributed by atoms with Gasteiger partial charge in [-0.15, -0.1) is 0 Å². The average Bonchev–Trinajstić information content (AvgIpc) is 3.19. The standard InChI is InChI=1S/C25H22Cl3N3O5/c1-13-23-17(30-31-22(32)12-35-19-8-6-14(26)10-16(19)28)4-3-5-21(23)36-24(13)25(33)29-18-11-15(27)7-9-20(18)34-2/h6-11H,3-5,12H2,1-2H3,(H,29,33)(H,31,32)/b30-17+. The summed E-state index contributed by atoms with van der Waals surface area (Å²) in [4.78, 5) is 25.3. The zero-order valence-electron chi connectivity index (χ0n) is 19.4. The summed E-state index contributed by atoms with van der Waals surface area (Å²) in [5.74, 6) is 0.685. The van der Waals surface area contributed by atoms with Crippen molar-refractivity contribution in [3.05, 3.63) is 74.1 Å². The number of hydrogen-bond donors (Lipinski definition) is 2. The van der Waals surface area contributed by atoms with Gasteiger partial charge in [-0.2, -0.15) is 5.10 Å². The third-order valence-corrected chi connectivity index (χ3v) is 6.28. The van der Waals surface area contributed by atoms with Crippen molar-refractivity contribution < 1.29 is 23.5 Å². The minimum absolute atomic E-state index is 0.156. The van der Waals surface area contributed by atoms with E-state index in [1.54, 1.807) is 37.3 Å². The number of benzene rings is 2. The van der Waals surface area contributed by atoms with E-state index < -0.39 is 11.8 Å². The number of methoxy groups -OCH3 is 1. The summed E-state index contributed by atoms with van der Waals surface area (Å²) in [7, 11) is 1.50. The lowest BCUT2D eigenvalue weighted by Crippen LogP contribution is -2.27. The van der Waals surface area contributed by atoms with E-state index in [1.807, 2.05) is 0 Å². The van der Waals surface area contributed by atoms with Crippen LogP contribution in [0.25, 0.3) is 0 Å². The molecule has 0 radical (unpaired) electrons. The summed E-state index contributed by atoms with van der Waals surface area (Å²) in [5, 5.41) is 8.29. The summed E-state index contributed by atoms with van der Waals surface area (Å²) in [6.45, 7) is 1.49. The predicted molar refractivity (Wildman–Crippen MR) is 139 cm³/mol. The van der Waals surface area contributed by atoms with Crippen molar-refractivity contribution in [2.45, 2.75) is 26.2 Å². The molecule has 0 spiro atoms. The molecule has 8 nitrogen and oxygen atoms in total. The van der Waals surface area contributed by atoms with Gasteiger partial charge in [-0.25, -0.2) is 5.43 Å². The van der Waals surface area contributed by atoms with Gasteiger partial charge in [-0.3, -0.25) is 9.59 Å². The van der Waals surface area contributed by atoms with Gasteiger partial charge in [-0.1, -0.05) is 34.8 Å². The molecule has 0 fully saturated rings. The number of anilines is 1. The minimum Gasteiger partial charge on any atom is -0.495 e. The van der Waals surface area contributed by atoms with Crippen molar-refractivity contribution in [1.82, 2.24) is 5.43 Å². The third-order valence-electron chi connectivity index (χ3n) is 5.51. The fourth-order valence-electron chi connectivity index (χ4n) is 3.85. The highest BCUT2D eigenvalue weighted by atomic mass is 35.5. The van der Waals surface area contributed by atoms with Gasteiger partial charge in [0.15, 0.2) is 12.4 Å². The monoisotopic (exact) mass is 549 g/mol. The second kappa shape index (κ2) is 11.2. The van der Waals surface area contributed by atoms with Gasteiger partial charge in [0, 0.05) is 27.6 Å². The maximum absolute atomic E-state index is 13.0. The first-order valence-corrected chi connectivity index (χ1v) is 12.1. The zero-order valence-corrected chi connectivity index (χ0v) is 21.7. The quantitative estimate of drug-likeness (QED) is 0.349. The smallest absolute Gasteiger partial charge is 0.291 e. The minimum atomic E-state index is -0.465. The molecule has 4 rings (SSSR count). The number of nitrogens with one attached hydrogen (secondary N) is 2. The molecular weight excluding hydrogens is 529 g/mol. The number of hydrogen-bond acceptors (Lipinski definition) is 6. The SMILES string of the molecule is COc1ccc(Cl)cc1NC(=O)c1oc2c(c1C)/C(=N/NC(=O)COc1ccc(Cl)cc1Cl)CCC2. The Morgan fingerprint density at radius 3 is 2.50 bits per heavy atom. The summed E-state index contributed by atoms with van der Waals surface area (Å²) in [6, 6.07) is 9.64. The first-order valence-electron chi connectivity index (χ1n) is 11.0. The molecule has 2 amide bonds. The Labute approximate surface area is 222 Å². The topological polar surface area (TPSA) is 102 Å². The van der Waals surface area contributed by atoms with Crippen LogP contribution < -0.4 is 20.2 Å². The van der Waals surface area contributed by atoms with E-state index in [9.17, 15) is 9.59 Å². The number of ether oxygens (including phenoxy) is 2. The van der Waals surface area contributed by atoms with Crippen molar-refractivity contribution >= 4 is 58.0 Å². The van der Waals surface area contributed by atoms with Gasteiger partial charge in [0.05, 0.1) is 23.5 Å². The molecule has 36 heavy (non-hydrogen) atoms. The number of nitrogens with zero attached hydrogens (tertiary/aromatic N) is 1. The number of carbonyl (C=O) groups excluding carboxylic acids is 2. The summed E-state index contributed by atoms with van der Waals surface area (Å²) in [6.07, 6.45) is 2.02. The molecule has 1 aliphatic carbocycles. The summed E-state index contributed by atoms with van der Waals surface area (Å²) in [5.41, 5.74) is 4.88. The largest absolute Gasteiger partial charge is 0.495 e. The molecule has 3 aromatic rings. The van der Waals surface area contributed by atoms with Gasteiger partial charge >= 0.3 is 0 Å². The normalized spacial score (nSPS) is 13.8. The number of aryl methyl sites for hydroxylation is 1. The predicted octanol–water partition coefficient (Wildman–Crippen LogP) is 6.04. The van der Waals surface area contributed by atoms with Gasteiger partial charge < -0.3 is 19.2 Å². The Hall–Kier alpha value is -3.20. The highest BCUT2D eigenvalue weighted by Crippen LogP contribution is 2.32. The zero-order chi connectivity index (χ0) is 25.8. The van der Waals surface area contributed by atoms with Gasteiger partial charge in [-0.05, 0) is 56.2 Å². The van der Waals surface area contributed by atoms with Crippen molar-refractivity contribution in [3.8, 4) is 11.5 Å². The highest BCUT2D eigenvalue weighted by molar-refractivity contribution is 6.35. The maximum Gasteiger partial charge on any atom is 0.291 e. The van der Waals surface area contributed by atoms with Crippen LogP contribution in [0.3, 0.4) is 0 Å². The van der Waals surface area contributed by atoms with Crippen LogP contribution in [-0.2, 0) is 11.2 Å². The molecule has 1 aliphatic rings. The number of halogens is 3. The van der Waals surface area contributed by atoms with Gasteiger partial charge in [0.25, 0.3) is 11.8 Å². The molecule has 0 atom stereocenters. The molecule has 2 aromatic carbocycles. The van der Waals surface area contributed by atoms with Crippen LogP contribution in [0.2, 0.25) is 15.1 Å². The molecule has 0 saturated heterocycles. The molecule has 188 valence electrons. The fraction of sp³-hybridized carbons (Fsp3) is 0.240. The molecule has 1 heterocycles. The summed E-state index contributed by atoms with van der Waals surface area (Å²) >= 11 is 18.0. The molecule has 11 heteroatoms. The third kappa shape index (κ3) is 5.78. The van der Waals surface area contributed by atoms with E-state index in [-0.39, 0.29) is 12.4 Å². The Morgan fingerprint density at radius 1 is 1.06 bits per heavy atom. The van der Waals surface area contributed by atoms with Crippen molar-refractivity contribution in [1.29, 1.82) is 0 Å². The first-order chi connectivity index (χ1) is 17.3. The molecular formula is C25H22Cl3N3O5. The van der Waals surface area contributed by atoms with Crippen molar-refractivity contribution in [2.24, 2.45) is 5.10 Å². The lowest BCUT2D eigenvalue weighted by molar-refractivity contribution is -0.123. The number of fused-ring (bicyclic) bond motifs is 1. The van der Waals surface area contributed by atoms with Gasteiger partial charge in [0.1, 0.15) is 17.3 Å². The average molecular weight is 551 g/mol. The van der Waals surface area contributed by atoms with Crippen LogP contribution in [-0.4, -0.2) is 31.2 Å². The van der Waals surface area contributed by atoms with E-state index in [1.165, 1.54) is 13.2 Å². The van der Waals surface area contributed by atoms with Crippen molar-refractivity contribution in [2.75, 3.05) is 19.0 Å². The molecule has 0 saturated carbocycles.